The van der Waals surface area contributed by atoms with Gasteiger partial charge in [-0.15, -0.1) is 0 Å². The predicted octanol–water partition coefficient (Wildman–Crippen LogP) is 1.90. The van der Waals surface area contributed by atoms with Crippen LogP contribution in [-0.2, 0) is 4.79 Å². The molecule has 0 bridgehead atoms. The van der Waals surface area contributed by atoms with Crippen LogP contribution in [0.15, 0.2) is 24.3 Å². The summed E-state index contributed by atoms with van der Waals surface area (Å²) in [6.45, 7) is 2.57. The zero-order valence-electron chi connectivity index (χ0n) is 12.4. The van der Waals surface area contributed by atoms with E-state index in [9.17, 15) is 9.59 Å². The van der Waals surface area contributed by atoms with E-state index >= 15 is 0 Å². The van der Waals surface area contributed by atoms with Crippen LogP contribution in [0.5, 0.6) is 5.75 Å². The summed E-state index contributed by atoms with van der Waals surface area (Å²) < 4.78 is 5.15. The van der Waals surface area contributed by atoms with Gasteiger partial charge in [0.05, 0.1) is 13.0 Å². The molecule has 1 aromatic rings. The Morgan fingerprint density at radius 1 is 1.38 bits per heavy atom. The lowest BCUT2D eigenvalue weighted by atomic mass is 9.99. The van der Waals surface area contributed by atoms with Crippen LogP contribution in [0.4, 0.5) is 10.5 Å². The van der Waals surface area contributed by atoms with Crippen molar-refractivity contribution < 1.29 is 19.4 Å². The molecular weight excluding hydrogens is 272 g/mol. The summed E-state index contributed by atoms with van der Waals surface area (Å²) >= 11 is 0. The van der Waals surface area contributed by atoms with E-state index in [1.807, 2.05) is 19.1 Å². The summed E-state index contributed by atoms with van der Waals surface area (Å²) in [7, 11) is 3.25. The molecule has 21 heavy (non-hydrogen) atoms. The second-order valence-corrected chi connectivity index (χ2v) is 5.37. The molecule has 1 fully saturated rings. The first-order chi connectivity index (χ1) is 9.93. The van der Waals surface area contributed by atoms with Gasteiger partial charge in [-0.1, -0.05) is 13.0 Å². The highest BCUT2D eigenvalue weighted by Gasteiger charge is 2.38. The van der Waals surface area contributed by atoms with Crippen LogP contribution in [0.1, 0.15) is 6.92 Å². The van der Waals surface area contributed by atoms with Crippen molar-refractivity contribution in [1.82, 2.24) is 4.90 Å². The number of urea groups is 1. The van der Waals surface area contributed by atoms with Crippen LogP contribution in [0.3, 0.4) is 0 Å². The maximum absolute atomic E-state index is 12.5. The molecule has 1 N–H and O–H groups in total. The molecule has 0 saturated carbocycles. The Bertz CT molecular complexity index is 546. The van der Waals surface area contributed by atoms with Crippen LogP contribution in [0.25, 0.3) is 0 Å². The highest BCUT2D eigenvalue weighted by molar-refractivity contribution is 5.92. The number of carbonyl (C=O) groups excluding carboxylic acids is 1. The highest BCUT2D eigenvalue weighted by atomic mass is 16.5. The van der Waals surface area contributed by atoms with Crippen molar-refractivity contribution in [2.75, 3.05) is 32.1 Å². The molecule has 6 nitrogen and oxygen atoms in total. The number of benzene rings is 1. The Labute approximate surface area is 123 Å². The summed E-state index contributed by atoms with van der Waals surface area (Å²) in [6.07, 6.45) is 0. The molecule has 1 aromatic carbocycles. The monoisotopic (exact) mass is 292 g/mol. The fourth-order valence-electron chi connectivity index (χ4n) is 2.59. The second kappa shape index (κ2) is 6.03. The molecular formula is C15H20N2O4. The first kappa shape index (κ1) is 15.2. The summed E-state index contributed by atoms with van der Waals surface area (Å²) in [5.74, 6) is -0.704. The van der Waals surface area contributed by atoms with Crippen molar-refractivity contribution in [3.8, 4) is 5.75 Å². The molecule has 6 heteroatoms. The molecule has 2 amide bonds. The fraction of sp³-hybridized carbons (Fsp3) is 0.467. The number of carboxylic acid groups (broad SMARTS) is 1. The molecule has 1 aliphatic heterocycles. The summed E-state index contributed by atoms with van der Waals surface area (Å²) in [5.41, 5.74) is 0.714. The summed E-state index contributed by atoms with van der Waals surface area (Å²) in [6, 6.07) is 7.00. The van der Waals surface area contributed by atoms with Gasteiger partial charge in [-0.2, -0.15) is 0 Å². The minimum atomic E-state index is -0.846. The van der Waals surface area contributed by atoms with Crippen LogP contribution >= 0.6 is 0 Å². The average molecular weight is 292 g/mol. The van der Waals surface area contributed by atoms with Gasteiger partial charge in [-0.3, -0.25) is 9.69 Å². The quantitative estimate of drug-likeness (QED) is 0.923. The number of anilines is 1. The van der Waals surface area contributed by atoms with Crippen LogP contribution in [0.2, 0.25) is 0 Å². The van der Waals surface area contributed by atoms with Crippen molar-refractivity contribution in [3.05, 3.63) is 24.3 Å². The van der Waals surface area contributed by atoms with E-state index < -0.39 is 11.9 Å². The number of aliphatic carboxylic acids is 1. The number of hydrogen-bond acceptors (Lipinski definition) is 3. The van der Waals surface area contributed by atoms with E-state index in [2.05, 4.69) is 0 Å². The minimum absolute atomic E-state index is 0.0369. The van der Waals surface area contributed by atoms with Crippen molar-refractivity contribution in [2.45, 2.75) is 6.92 Å². The van der Waals surface area contributed by atoms with Gasteiger partial charge < -0.3 is 14.7 Å². The Morgan fingerprint density at radius 2 is 2.10 bits per heavy atom. The molecule has 1 aliphatic rings. The van der Waals surface area contributed by atoms with Gasteiger partial charge >= 0.3 is 12.0 Å². The molecule has 1 heterocycles. The number of rotatable bonds is 3. The lowest BCUT2D eigenvalue weighted by Crippen LogP contribution is -2.40. The van der Waals surface area contributed by atoms with Gasteiger partial charge in [0.2, 0.25) is 0 Å². The molecule has 1 saturated heterocycles. The summed E-state index contributed by atoms with van der Waals surface area (Å²) in [5, 5.41) is 9.14. The van der Waals surface area contributed by atoms with Gasteiger partial charge in [0, 0.05) is 31.9 Å². The Balaban J connectivity index is 2.11. The Kier molecular flexibility index (Phi) is 4.35. The van der Waals surface area contributed by atoms with Crippen molar-refractivity contribution in [3.63, 3.8) is 0 Å². The maximum atomic E-state index is 12.5. The topological polar surface area (TPSA) is 70.1 Å². The van der Waals surface area contributed by atoms with Gasteiger partial charge in [-0.05, 0) is 18.1 Å². The number of ether oxygens (including phenoxy) is 1. The number of nitrogens with zero attached hydrogens (tertiary/aromatic N) is 2. The van der Waals surface area contributed by atoms with Gasteiger partial charge in [0.1, 0.15) is 5.75 Å². The standard InChI is InChI=1S/C15H20N2O4/c1-10-8-17(9-13(10)14(18)19)15(20)16(2)11-5-4-6-12(7-11)21-3/h4-7,10,13H,8-9H2,1-3H3,(H,18,19). The number of carbonyl (C=O) groups is 2. The van der Waals surface area contributed by atoms with E-state index in [0.717, 1.165) is 0 Å². The second-order valence-electron chi connectivity index (χ2n) is 5.37. The third-order valence-corrected chi connectivity index (χ3v) is 3.93. The van der Waals surface area contributed by atoms with E-state index in [4.69, 9.17) is 9.84 Å². The number of likely N-dealkylation sites (tertiary alicyclic amines) is 1. The number of hydrogen-bond donors (Lipinski definition) is 1. The van der Waals surface area contributed by atoms with Crippen LogP contribution in [0, 0.1) is 11.8 Å². The van der Waals surface area contributed by atoms with Gasteiger partial charge in [-0.25, -0.2) is 4.79 Å². The first-order valence-corrected chi connectivity index (χ1v) is 6.83. The molecule has 2 rings (SSSR count). The van der Waals surface area contributed by atoms with Crippen molar-refractivity contribution in [2.24, 2.45) is 11.8 Å². The average Bonchev–Trinajstić information content (AvgIpc) is 2.88. The zero-order chi connectivity index (χ0) is 15.6. The molecule has 0 aromatic heterocycles. The highest BCUT2D eigenvalue weighted by Crippen LogP contribution is 2.26. The van der Waals surface area contributed by atoms with E-state index in [-0.39, 0.29) is 18.5 Å². The lowest BCUT2D eigenvalue weighted by molar-refractivity contribution is -0.142. The van der Waals surface area contributed by atoms with Crippen molar-refractivity contribution >= 4 is 17.7 Å². The first-order valence-electron chi connectivity index (χ1n) is 6.83. The van der Waals surface area contributed by atoms with Gasteiger partial charge in [0.25, 0.3) is 0 Å². The van der Waals surface area contributed by atoms with Crippen LogP contribution < -0.4 is 9.64 Å². The molecule has 2 atom stereocenters. The normalized spacial score (nSPS) is 21.2. The maximum Gasteiger partial charge on any atom is 0.324 e. The summed E-state index contributed by atoms with van der Waals surface area (Å²) in [4.78, 5) is 26.7. The Morgan fingerprint density at radius 3 is 2.67 bits per heavy atom. The predicted molar refractivity (Wildman–Crippen MR) is 78.7 cm³/mol. The van der Waals surface area contributed by atoms with E-state index in [1.165, 1.54) is 4.90 Å². The van der Waals surface area contributed by atoms with E-state index in [0.29, 0.717) is 18.0 Å². The molecule has 0 spiro atoms. The SMILES string of the molecule is COc1cccc(N(C)C(=O)N2CC(C)C(C(=O)O)C2)c1. The molecule has 114 valence electrons. The number of amides is 2. The Hall–Kier alpha value is -2.24. The van der Waals surface area contributed by atoms with Crippen LogP contribution in [-0.4, -0.2) is 49.3 Å². The lowest BCUT2D eigenvalue weighted by Gasteiger charge is -2.25. The van der Waals surface area contributed by atoms with E-state index in [1.54, 1.807) is 31.2 Å². The number of methoxy groups -OCH3 is 1. The van der Waals surface area contributed by atoms with Crippen molar-refractivity contribution in [1.29, 1.82) is 0 Å². The molecule has 0 aliphatic carbocycles. The van der Waals surface area contributed by atoms with Gasteiger partial charge in [0.15, 0.2) is 0 Å². The largest absolute Gasteiger partial charge is 0.497 e. The minimum Gasteiger partial charge on any atom is -0.497 e. The third kappa shape index (κ3) is 3.09. The molecule has 0 radical (unpaired) electrons. The smallest absolute Gasteiger partial charge is 0.324 e. The fourth-order valence-corrected chi connectivity index (χ4v) is 2.59. The molecule has 2 unspecified atom stereocenters. The third-order valence-electron chi connectivity index (χ3n) is 3.93. The zero-order valence-corrected chi connectivity index (χ0v) is 12.4. The number of carboxylic acids is 1.